The molecule has 18 heavy (non-hydrogen) atoms. The maximum Gasteiger partial charge on any atom is 0.224 e. The van der Waals surface area contributed by atoms with E-state index in [2.05, 4.69) is 15.0 Å². The van der Waals surface area contributed by atoms with Gasteiger partial charge in [-0.05, 0) is 29.4 Å². The molecule has 1 heterocycles. The van der Waals surface area contributed by atoms with Crippen LogP contribution in [0.2, 0.25) is 0 Å². The lowest BCUT2D eigenvalue weighted by Crippen LogP contribution is -1.93. The first-order valence-electron chi connectivity index (χ1n) is 5.07. The van der Waals surface area contributed by atoms with Crippen LogP contribution in [0.1, 0.15) is 10.4 Å². The van der Waals surface area contributed by atoms with Crippen molar-refractivity contribution < 1.29 is 4.79 Å². The predicted octanol–water partition coefficient (Wildman–Crippen LogP) is 3.96. The quantitative estimate of drug-likeness (QED) is 0.361. The summed E-state index contributed by atoms with van der Waals surface area (Å²) in [6.07, 6.45) is 3.24. The molecular formula is C12H8N4OS. The lowest BCUT2D eigenvalue weighted by atomic mass is 10.2. The second-order valence-corrected chi connectivity index (χ2v) is 4.33. The van der Waals surface area contributed by atoms with Gasteiger partial charge in [0.25, 0.3) is 0 Å². The Morgan fingerprint density at radius 3 is 2.67 bits per heavy atom. The van der Waals surface area contributed by atoms with Crippen molar-refractivity contribution >= 4 is 22.6 Å². The van der Waals surface area contributed by atoms with Gasteiger partial charge in [-0.25, -0.2) is 0 Å². The maximum atomic E-state index is 12.1. The predicted molar refractivity (Wildman–Crippen MR) is 69.7 cm³/mol. The zero-order chi connectivity index (χ0) is 12.8. The lowest BCUT2D eigenvalue weighted by molar-refractivity contribution is 0.108. The van der Waals surface area contributed by atoms with Crippen molar-refractivity contribution in [3.63, 3.8) is 0 Å². The Balaban J connectivity index is 2.27. The smallest absolute Gasteiger partial charge is 0.224 e. The molecule has 2 rings (SSSR count). The van der Waals surface area contributed by atoms with Gasteiger partial charge in [0, 0.05) is 33.5 Å². The van der Waals surface area contributed by atoms with E-state index in [0.717, 1.165) is 16.7 Å². The molecule has 1 aromatic heterocycles. The van der Waals surface area contributed by atoms with Crippen LogP contribution in [0.15, 0.2) is 58.8 Å². The van der Waals surface area contributed by atoms with Crippen LogP contribution in [0.4, 0.5) is 5.69 Å². The first-order chi connectivity index (χ1) is 8.81. The number of hydrogen-bond acceptors (Lipinski definition) is 4. The van der Waals surface area contributed by atoms with Gasteiger partial charge < -0.3 is 0 Å². The van der Waals surface area contributed by atoms with E-state index in [1.807, 2.05) is 0 Å². The Labute approximate surface area is 107 Å². The summed E-state index contributed by atoms with van der Waals surface area (Å²) in [6, 6.07) is 10.2. The van der Waals surface area contributed by atoms with Crippen LogP contribution in [-0.2, 0) is 0 Å². The largest absolute Gasteiger partial charge is 0.281 e. The Kier molecular flexibility index (Phi) is 3.96. The molecular weight excluding hydrogens is 248 g/mol. The maximum absolute atomic E-state index is 12.1. The van der Waals surface area contributed by atoms with Gasteiger partial charge in [-0.15, -0.1) is 0 Å². The first kappa shape index (κ1) is 12.2. The number of benzene rings is 1. The molecule has 2 aromatic rings. The van der Waals surface area contributed by atoms with Gasteiger partial charge in [-0.1, -0.05) is 29.4 Å². The van der Waals surface area contributed by atoms with Crippen LogP contribution in [0.5, 0.6) is 0 Å². The molecule has 88 valence electrons. The highest BCUT2D eigenvalue weighted by atomic mass is 32.2. The highest BCUT2D eigenvalue weighted by molar-refractivity contribution is 8.14. The zero-order valence-electron chi connectivity index (χ0n) is 9.22. The van der Waals surface area contributed by atoms with Crippen molar-refractivity contribution in [2.24, 2.45) is 5.11 Å². The third-order valence-corrected chi connectivity index (χ3v) is 3.05. The second-order valence-electron chi connectivity index (χ2n) is 3.28. The van der Waals surface area contributed by atoms with Gasteiger partial charge in [0.15, 0.2) is 0 Å². The fraction of sp³-hybridized carbons (Fsp3) is 0. The molecule has 0 N–H and O–H groups in total. The topological polar surface area (TPSA) is 78.7 Å². The van der Waals surface area contributed by atoms with Crippen LogP contribution in [-0.4, -0.2) is 10.1 Å². The number of thioether (sulfide) groups is 1. The van der Waals surface area contributed by atoms with Crippen LogP contribution in [0.3, 0.4) is 0 Å². The van der Waals surface area contributed by atoms with Crippen molar-refractivity contribution in [1.82, 2.24) is 4.98 Å². The minimum Gasteiger partial charge on any atom is -0.281 e. The third-order valence-electron chi connectivity index (χ3n) is 2.14. The molecule has 5 nitrogen and oxygen atoms in total. The van der Waals surface area contributed by atoms with Crippen LogP contribution in [0, 0.1) is 0 Å². The highest BCUT2D eigenvalue weighted by Crippen LogP contribution is 2.27. The molecule has 0 aliphatic heterocycles. The average Bonchev–Trinajstić information content (AvgIpc) is 2.41. The fourth-order valence-electron chi connectivity index (χ4n) is 1.35. The first-order valence-corrected chi connectivity index (χ1v) is 5.89. The Bertz CT molecular complexity index is 608. The van der Waals surface area contributed by atoms with E-state index >= 15 is 0 Å². The number of azide groups is 1. The van der Waals surface area contributed by atoms with Crippen molar-refractivity contribution in [1.29, 1.82) is 0 Å². The number of carbonyl (C=O) groups is 1. The zero-order valence-corrected chi connectivity index (χ0v) is 10.0. The molecule has 0 aliphatic carbocycles. The molecule has 0 atom stereocenters. The number of carbonyl (C=O) groups excluding carboxylic acids is 1. The number of hydrogen-bond donors (Lipinski definition) is 0. The highest BCUT2D eigenvalue weighted by Gasteiger charge is 2.11. The molecule has 0 saturated carbocycles. The SMILES string of the molecule is [N-]=[N+]=Nc1ccccc1C(=O)Sc1ccncc1. The van der Waals surface area contributed by atoms with Crippen molar-refractivity contribution in [3.8, 4) is 0 Å². The average molecular weight is 256 g/mol. The monoisotopic (exact) mass is 256 g/mol. The van der Waals surface area contributed by atoms with E-state index in [4.69, 9.17) is 5.53 Å². The summed E-state index contributed by atoms with van der Waals surface area (Å²) in [6.45, 7) is 0. The van der Waals surface area contributed by atoms with E-state index in [1.54, 1.807) is 48.8 Å². The van der Waals surface area contributed by atoms with Gasteiger partial charge in [0.05, 0.1) is 0 Å². The minimum atomic E-state index is -0.163. The summed E-state index contributed by atoms with van der Waals surface area (Å²) in [7, 11) is 0. The third kappa shape index (κ3) is 2.88. The Hall–Kier alpha value is -2.30. The Morgan fingerprint density at radius 1 is 1.22 bits per heavy atom. The number of nitrogens with zero attached hydrogens (tertiary/aromatic N) is 4. The van der Waals surface area contributed by atoms with Crippen LogP contribution >= 0.6 is 11.8 Å². The normalized spacial score (nSPS) is 9.56. The summed E-state index contributed by atoms with van der Waals surface area (Å²) in [5, 5.41) is 3.34. The fourth-order valence-corrected chi connectivity index (χ4v) is 2.10. The van der Waals surface area contributed by atoms with Gasteiger partial charge in [0.1, 0.15) is 0 Å². The van der Waals surface area contributed by atoms with Gasteiger partial charge in [-0.2, -0.15) is 0 Å². The van der Waals surface area contributed by atoms with Gasteiger partial charge >= 0.3 is 0 Å². The molecule has 0 unspecified atom stereocenters. The van der Waals surface area contributed by atoms with E-state index in [1.165, 1.54) is 0 Å². The molecule has 1 aromatic carbocycles. The molecule has 0 amide bonds. The number of rotatable bonds is 3. The van der Waals surface area contributed by atoms with Crippen molar-refractivity contribution in [3.05, 3.63) is 64.8 Å². The van der Waals surface area contributed by atoms with E-state index in [9.17, 15) is 4.79 Å². The lowest BCUT2D eigenvalue weighted by Gasteiger charge is -2.03. The molecule has 0 aliphatic rings. The summed E-state index contributed by atoms with van der Waals surface area (Å²) >= 11 is 1.07. The molecule has 0 radical (unpaired) electrons. The molecule has 0 fully saturated rings. The summed E-state index contributed by atoms with van der Waals surface area (Å²) in [4.78, 5) is 19.5. The van der Waals surface area contributed by atoms with E-state index < -0.39 is 0 Å². The van der Waals surface area contributed by atoms with Crippen molar-refractivity contribution in [2.45, 2.75) is 4.90 Å². The van der Waals surface area contributed by atoms with Crippen molar-refractivity contribution in [2.75, 3.05) is 0 Å². The second kappa shape index (κ2) is 5.86. The summed E-state index contributed by atoms with van der Waals surface area (Å²) < 4.78 is 0. The standard InChI is InChI=1S/C12H8N4OS/c13-16-15-11-4-2-1-3-10(11)12(17)18-9-5-7-14-8-6-9/h1-8H. The van der Waals surface area contributed by atoms with E-state index in [-0.39, 0.29) is 5.12 Å². The molecule has 6 heteroatoms. The molecule has 0 spiro atoms. The van der Waals surface area contributed by atoms with Gasteiger partial charge in [0.2, 0.25) is 5.12 Å². The number of pyridine rings is 1. The van der Waals surface area contributed by atoms with Crippen LogP contribution < -0.4 is 0 Å². The number of aromatic nitrogens is 1. The van der Waals surface area contributed by atoms with E-state index in [0.29, 0.717) is 11.3 Å². The van der Waals surface area contributed by atoms with Crippen LogP contribution in [0.25, 0.3) is 10.4 Å². The Morgan fingerprint density at radius 2 is 1.94 bits per heavy atom. The minimum absolute atomic E-state index is 0.163. The molecule has 0 bridgehead atoms. The molecule has 0 saturated heterocycles. The van der Waals surface area contributed by atoms with Gasteiger partial charge in [-0.3, -0.25) is 9.78 Å². The summed E-state index contributed by atoms with van der Waals surface area (Å²) in [5.74, 6) is 0. The summed E-state index contributed by atoms with van der Waals surface area (Å²) in [5.41, 5.74) is 9.19.